The number of amides is 1. The van der Waals surface area contributed by atoms with Gasteiger partial charge in [0.05, 0.1) is 24.6 Å². The molecule has 0 radical (unpaired) electrons. The number of hydrogen-bond acceptors (Lipinski definition) is 5. The van der Waals surface area contributed by atoms with Crippen LogP contribution in [0.3, 0.4) is 0 Å². The third kappa shape index (κ3) is 6.47. The molecule has 1 N–H and O–H groups in total. The fourth-order valence-electron chi connectivity index (χ4n) is 2.72. The molecule has 0 aromatic heterocycles. The first kappa shape index (κ1) is 22.7. The van der Waals surface area contributed by atoms with E-state index in [1.807, 2.05) is 0 Å². The Labute approximate surface area is 175 Å². The molecule has 7 nitrogen and oxygen atoms in total. The maximum atomic E-state index is 12.3. The van der Waals surface area contributed by atoms with Gasteiger partial charge < -0.3 is 10.1 Å². The summed E-state index contributed by atoms with van der Waals surface area (Å²) < 4.78 is 30.1. The van der Waals surface area contributed by atoms with E-state index in [4.69, 9.17) is 11.6 Å². The number of ether oxygens (including phenoxy) is 1. The second-order valence-electron chi connectivity index (χ2n) is 6.49. The lowest BCUT2D eigenvalue weighted by atomic mass is 10.1. The van der Waals surface area contributed by atoms with Crippen molar-refractivity contribution in [2.45, 2.75) is 19.8 Å². The zero-order chi connectivity index (χ0) is 21.6. The summed E-state index contributed by atoms with van der Waals surface area (Å²) in [5.41, 5.74) is 2.08. The predicted octanol–water partition coefficient (Wildman–Crippen LogP) is 3.62. The number of methoxy groups -OCH3 is 1. The molecule has 2 rings (SSSR count). The van der Waals surface area contributed by atoms with Crippen LogP contribution in [0, 0.1) is 6.92 Å². The number of carbonyl (C=O) groups excluding carboxylic acids is 2. The molecule has 156 valence electrons. The Kier molecular flexibility index (Phi) is 7.64. The van der Waals surface area contributed by atoms with E-state index in [0.717, 1.165) is 11.8 Å². The Morgan fingerprint density at radius 1 is 1.17 bits per heavy atom. The maximum absolute atomic E-state index is 12.3. The third-order valence-corrected chi connectivity index (χ3v) is 5.62. The van der Waals surface area contributed by atoms with Gasteiger partial charge in [0.15, 0.2) is 0 Å². The van der Waals surface area contributed by atoms with Crippen molar-refractivity contribution in [2.24, 2.45) is 0 Å². The van der Waals surface area contributed by atoms with Gasteiger partial charge in [0.25, 0.3) is 0 Å². The lowest BCUT2D eigenvalue weighted by Gasteiger charge is -2.22. The van der Waals surface area contributed by atoms with E-state index >= 15 is 0 Å². The molecule has 0 unspecified atom stereocenters. The van der Waals surface area contributed by atoms with Gasteiger partial charge in [-0.05, 0) is 49.2 Å². The van der Waals surface area contributed by atoms with Crippen molar-refractivity contribution in [1.82, 2.24) is 0 Å². The Morgan fingerprint density at radius 3 is 2.52 bits per heavy atom. The molecular weight excluding hydrogens is 416 g/mol. The van der Waals surface area contributed by atoms with Gasteiger partial charge >= 0.3 is 5.97 Å². The summed E-state index contributed by atoms with van der Waals surface area (Å²) in [7, 11) is -2.24. The largest absolute Gasteiger partial charge is 0.465 e. The highest BCUT2D eigenvalue weighted by Crippen LogP contribution is 2.22. The van der Waals surface area contributed by atoms with E-state index in [0.29, 0.717) is 28.4 Å². The molecule has 0 aliphatic heterocycles. The number of benzene rings is 2. The van der Waals surface area contributed by atoms with Crippen molar-refractivity contribution in [2.75, 3.05) is 29.5 Å². The van der Waals surface area contributed by atoms with Crippen LogP contribution in [0.15, 0.2) is 42.5 Å². The summed E-state index contributed by atoms with van der Waals surface area (Å²) in [6.45, 7) is 1.94. The van der Waals surface area contributed by atoms with Crippen molar-refractivity contribution in [1.29, 1.82) is 0 Å². The van der Waals surface area contributed by atoms with Crippen LogP contribution in [0.4, 0.5) is 11.4 Å². The number of sulfonamides is 1. The van der Waals surface area contributed by atoms with Gasteiger partial charge in [-0.3, -0.25) is 9.10 Å². The zero-order valence-electron chi connectivity index (χ0n) is 16.4. The van der Waals surface area contributed by atoms with Crippen LogP contribution in [0.1, 0.15) is 28.8 Å². The summed E-state index contributed by atoms with van der Waals surface area (Å²) >= 11 is 5.96. The number of aryl methyl sites for hydroxylation is 1. The molecule has 0 aliphatic rings. The molecule has 0 aliphatic carbocycles. The van der Waals surface area contributed by atoms with Crippen LogP contribution in [-0.4, -0.2) is 40.2 Å². The third-order valence-electron chi connectivity index (χ3n) is 4.19. The number of rotatable bonds is 8. The van der Waals surface area contributed by atoms with Gasteiger partial charge in [-0.2, -0.15) is 0 Å². The summed E-state index contributed by atoms with van der Waals surface area (Å²) in [5.74, 6) is -0.777. The summed E-state index contributed by atoms with van der Waals surface area (Å²) in [6, 6.07) is 11.4. The van der Waals surface area contributed by atoms with Crippen molar-refractivity contribution in [3.63, 3.8) is 0 Å². The summed E-state index contributed by atoms with van der Waals surface area (Å²) in [6.07, 6.45) is 1.52. The van der Waals surface area contributed by atoms with Crippen LogP contribution in [-0.2, 0) is 19.6 Å². The minimum atomic E-state index is -3.52. The molecule has 2 aromatic carbocycles. The van der Waals surface area contributed by atoms with Crippen LogP contribution >= 0.6 is 11.6 Å². The highest BCUT2D eigenvalue weighted by Gasteiger charge is 2.18. The Bertz CT molecular complexity index is 1010. The lowest BCUT2D eigenvalue weighted by molar-refractivity contribution is -0.116. The zero-order valence-corrected chi connectivity index (χ0v) is 18.0. The number of carbonyl (C=O) groups is 2. The average Bonchev–Trinajstić information content (AvgIpc) is 2.65. The fourth-order valence-corrected chi connectivity index (χ4v) is 3.86. The van der Waals surface area contributed by atoms with Gasteiger partial charge in [-0.1, -0.05) is 23.7 Å². The Morgan fingerprint density at radius 2 is 1.90 bits per heavy atom. The first-order valence-electron chi connectivity index (χ1n) is 8.84. The van der Waals surface area contributed by atoms with Crippen molar-refractivity contribution in [3.8, 4) is 0 Å². The molecule has 2 aromatic rings. The molecule has 0 heterocycles. The first-order chi connectivity index (χ1) is 13.6. The molecular formula is C20H23ClN2O5S. The normalized spacial score (nSPS) is 11.0. The Balaban J connectivity index is 2.02. The number of hydrogen-bond donors (Lipinski definition) is 1. The molecule has 0 atom stereocenters. The molecule has 0 fully saturated rings. The highest BCUT2D eigenvalue weighted by atomic mass is 35.5. The monoisotopic (exact) mass is 438 g/mol. The molecule has 9 heteroatoms. The van der Waals surface area contributed by atoms with E-state index in [-0.39, 0.29) is 18.9 Å². The van der Waals surface area contributed by atoms with Crippen LogP contribution < -0.4 is 9.62 Å². The summed E-state index contributed by atoms with van der Waals surface area (Å²) in [4.78, 5) is 24.0. The molecule has 0 saturated heterocycles. The van der Waals surface area contributed by atoms with Gasteiger partial charge in [0.2, 0.25) is 15.9 Å². The summed E-state index contributed by atoms with van der Waals surface area (Å²) in [5, 5.41) is 3.18. The average molecular weight is 439 g/mol. The minimum absolute atomic E-state index is 0.106. The first-order valence-corrected chi connectivity index (χ1v) is 11.1. The number of nitrogens with one attached hydrogen (secondary N) is 1. The maximum Gasteiger partial charge on any atom is 0.337 e. The molecule has 0 spiro atoms. The lowest BCUT2D eigenvalue weighted by Crippen LogP contribution is -2.31. The fraction of sp³-hybridized carbons (Fsp3) is 0.300. The molecule has 29 heavy (non-hydrogen) atoms. The second-order valence-corrected chi connectivity index (χ2v) is 8.83. The quantitative estimate of drug-likeness (QED) is 0.635. The molecule has 1 amide bonds. The van der Waals surface area contributed by atoms with Gasteiger partial charge in [-0.15, -0.1) is 0 Å². The molecule has 0 bridgehead atoms. The van der Waals surface area contributed by atoms with Gasteiger partial charge in [0, 0.05) is 23.7 Å². The highest BCUT2D eigenvalue weighted by molar-refractivity contribution is 7.92. The SMILES string of the molecule is COC(=O)c1ccc(C)c(NC(=O)CCCN(c2cccc(Cl)c2)S(C)(=O)=O)c1. The second kappa shape index (κ2) is 9.76. The van der Waals surface area contributed by atoms with Crippen molar-refractivity contribution < 1.29 is 22.7 Å². The van der Waals surface area contributed by atoms with E-state index in [9.17, 15) is 18.0 Å². The minimum Gasteiger partial charge on any atom is -0.465 e. The van der Waals surface area contributed by atoms with Gasteiger partial charge in [-0.25, -0.2) is 13.2 Å². The van der Waals surface area contributed by atoms with Gasteiger partial charge in [0.1, 0.15) is 0 Å². The van der Waals surface area contributed by atoms with Crippen molar-refractivity contribution >= 4 is 44.9 Å². The smallest absolute Gasteiger partial charge is 0.337 e. The number of halogens is 1. The number of esters is 1. The van der Waals surface area contributed by atoms with E-state index in [1.165, 1.54) is 11.4 Å². The standard InChI is InChI=1S/C20H23ClN2O5S/c1-14-9-10-15(20(25)28-2)12-18(14)22-19(24)8-5-11-23(29(3,26)27)17-7-4-6-16(21)13-17/h4,6-7,9-10,12-13H,5,8,11H2,1-3H3,(H,22,24). The topological polar surface area (TPSA) is 92.8 Å². The van der Waals surface area contributed by atoms with E-state index in [1.54, 1.807) is 49.4 Å². The Hall–Kier alpha value is -2.58. The van der Waals surface area contributed by atoms with E-state index < -0.39 is 16.0 Å². The van der Waals surface area contributed by atoms with E-state index in [2.05, 4.69) is 10.1 Å². The van der Waals surface area contributed by atoms with Crippen LogP contribution in [0.5, 0.6) is 0 Å². The van der Waals surface area contributed by atoms with Crippen LogP contribution in [0.2, 0.25) is 5.02 Å². The van der Waals surface area contributed by atoms with Crippen molar-refractivity contribution in [3.05, 3.63) is 58.6 Å². The number of anilines is 2. The van der Waals surface area contributed by atoms with Crippen LogP contribution in [0.25, 0.3) is 0 Å². The predicted molar refractivity (Wildman–Crippen MR) is 114 cm³/mol. The molecule has 0 saturated carbocycles. The number of nitrogens with zero attached hydrogens (tertiary/aromatic N) is 1.